The number of aliphatic imine (C=N–C) groups is 1. The van der Waals surface area contributed by atoms with Gasteiger partial charge in [0, 0.05) is 38.8 Å². The molecule has 1 saturated heterocycles. The molecule has 0 bridgehead atoms. The van der Waals surface area contributed by atoms with Gasteiger partial charge in [-0.2, -0.15) is 0 Å². The maximum absolute atomic E-state index is 13.2. The van der Waals surface area contributed by atoms with Gasteiger partial charge in [0.25, 0.3) is 0 Å². The topological polar surface area (TPSA) is 48.9 Å². The van der Waals surface area contributed by atoms with E-state index in [4.69, 9.17) is 4.74 Å². The molecular weight excluding hydrogens is 295 g/mol. The Labute approximate surface area is 137 Å². The number of guanidine groups is 1. The number of nitrogens with one attached hydrogen (secondary N) is 2. The smallest absolute Gasteiger partial charge is 0.191 e. The molecule has 1 aliphatic heterocycles. The summed E-state index contributed by atoms with van der Waals surface area (Å²) in [6, 6.07) is 7.40. The molecule has 2 N–H and O–H groups in total. The second-order valence-corrected chi connectivity index (χ2v) is 5.95. The Kier molecular flexibility index (Phi) is 6.80. The Morgan fingerprint density at radius 2 is 2.30 bits per heavy atom. The van der Waals surface area contributed by atoms with E-state index in [1.54, 1.807) is 13.1 Å². The normalized spacial score (nSPS) is 21.0. The largest absolute Gasteiger partial charge is 0.379 e. The maximum atomic E-state index is 13.2. The lowest BCUT2D eigenvalue weighted by Gasteiger charge is -2.38. The number of rotatable bonds is 5. The first kappa shape index (κ1) is 17.7. The predicted octanol–water partition coefficient (Wildman–Crippen LogP) is 1.60. The van der Waals surface area contributed by atoms with Crippen molar-refractivity contribution >= 4 is 5.96 Å². The van der Waals surface area contributed by atoms with Crippen LogP contribution in [-0.2, 0) is 11.3 Å². The Hall–Kier alpha value is -1.66. The van der Waals surface area contributed by atoms with Gasteiger partial charge in [-0.1, -0.05) is 12.1 Å². The first-order chi connectivity index (χ1) is 11.1. The van der Waals surface area contributed by atoms with Crippen molar-refractivity contribution in [3.63, 3.8) is 0 Å². The summed E-state index contributed by atoms with van der Waals surface area (Å²) in [6.45, 7) is 8.27. The van der Waals surface area contributed by atoms with Gasteiger partial charge < -0.3 is 15.4 Å². The van der Waals surface area contributed by atoms with Gasteiger partial charge in [0.05, 0.1) is 13.2 Å². The first-order valence-electron chi connectivity index (χ1n) is 8.12. The second kappa shape index (κ2) is 8.84. The summed E-state index contributed by atoms with van der Waals surface area (Å²) < 4.78 is 18.7. The number of ether oxygens (including phenoxy) is 1. The van der Waals surface area contributed by atoms with Crippen molar-refractivity contribution in [1.82, 2.24) is 15.5 Å². The van der Waals surface area contributed by atoms with Crippen LogP contribution in [0.3, 0.4) is 0 Å². The molecule has 0 aromatic heterocycles. The molecule has 23 heavy (non-hydrogen) atoms. The molecule has 0 radical (unpaired) electrons. The summed E-state index contributed by atoms with van der Waals surface area (Å²) in [7, 11) is 1.74. The minimum absolute atomic E-state index is 0.220. The molecule has 1 heterocycles. The van der Waals surface area contributed by atoms with Crippen LogP contribution in [0.25, 0.3) is 0 Å². The molecule has 2 rings (SSSR count). The maximum Gasteiger partial charge on any atom is 0.191 e. The molecule has 2 atom stereocenters. The van der Waals surface area contributed by atoms with Crippen molar-refractivity contribution in [2.75, 3.05) is 33.4 Å². The molecule has 0 saturated carbocycles. The van der Waals surface area contributed by atoms with E-state index in [0.29, 0.717) is 18.6 Å². The minimum atomic E-state index is -0.220. The third-order valence-electron chi connectivity index (χ3n) is 4.12. The quantitative estimate of drug-likeness (QED) is 0.639. The fourth-order valence-electron chi connectivity index (χ4n) is 2.81. The fourth-order valence-corrected chi connectivity index (χ4v) is 2.81. The summed E-state index contributed by atoms with van der Waals surface area (Å²) in [5.74, 6) is 0.504. The standard InChI is InChI=1S/C17H27FN4O/c1-13(22-7-8-23-12-14(22)2)10-20-17(19-3)21-11-15-5-4-6-16(18)9-15/h4-6,9,13-14H,7-8,10-12H2,1-3H3,(H2,19,20,21). The molecule has 0 aliphatic carbocycles. The van der Waals surface area contributed by atoms with Gasteiger partial charge in [0.2, 0.25) is 0 Å². The summed E-state index contributed by atoms with van der Waals surface area (Å²) in [4.78, 5) is 6.66. The van der Waals surface area contributed by atoms with Crippen LogP contribution in [0, 0.1) is 5.82 Å². The van der Waals surface area contributed by atoms with Crippen LogP contribution in [0.15, 0.2) is 29.3 Å². The van der Waals surface area contributed by atoms with Crippen LogP contribution in [0.5, 0.6) is 0 Å². The molecule has 1 aromatic carbocycles. The highest BCUT2D eigenvalue weighted by molar-refractivity contribution is 5.79. The van der Waals surface area contributed by atoms with E-state index < -0.39 is 0 Å². The number of halogens is 1. The van der Waals surface area contributed by atoms with Crippen molar-refractivity contribution in [2.45, 2.75) is 32.5 Å². The Balaban J connectivity index is 1.78. The monoisotopic (exact) mass is 322 g/mol. The second-order valence-electron chi connectivity index (χ2n) is 5.95. The number of morpholine rings is 1. The van der Waals surface area contributed by atoms with Crippen LogP contribution in [0.2, 0.25) is 0 Å². The number of hydrogen-bond acceptors (Lipinski definition) is 3. The van der Waals surface area contributed by atoms with E-state index in [1.807, 2.05) is 6.07 Å². The third-order valence-corrected chi connectivity index (χ3v) is 4.12. The van der Waals surface area contributed by atoms with Crippen LogP contribution in [0.4, 0.5) is 4.39 Å². The van der Waals surface area contributed by atoms with Crippen molar-refractivity contribution in [3.8, 4) is 0 Å². The molecule has 5 nitrogen and oxygen atoms in total. The molecule has 1 fully saturated rings. The van der Waals surface area contributed by atoms with Gasteiger partial charge in [0.15, 0.2) is 5.96 Å². The lowest BCUT2D eigenvalue weighted by molar-refractivity contribution is -0.0174. The highest BCUT2D eigenvalue weighted by Crippen LogP contribution is 2.10. The number of benzene rings is 1. The lowest BCUT2D eigenvalue weighted by atomic mass is 10.2. The van der Waals surface area contributed by atoms with Crippen molar-refractivity contribution in [2.24, 2.45) is 4.99 Å². The zero-order valence-corrected chi connectivity index (χ0v) is 14.2. The van der Waals surface area contributed by atoms with E-state index in [9.17, 15) is 4.39 Å². The average Bonchev–Trinajstić information content (AvgIpc) is 2.55. The molecule has 0 spiro atoms. The van der Waals surface area contributed by atoms with Gasteiger partial charge in [-0.25, -0.2) is 4.39 Å². The third kappa shape index (κ3) is 5.48. The van der Waals surface area contributed by atoms with Crippen LogP contribution in [-0.4, -0.2) is 56.3 Å². The predicted molar refractivity (Wildman–Crippen MR) is 91.1 cm³/mol. The van der Waals surface area contributed by atoms with Gasteiger partial charge in [0.1, 0.15) is 5.82 Å². The van der Waals surface area contributed by atoms with E-state index in [2.05, 4.69) is 34.4 Å². The minimum Gasteiger partial charge on any atom is -0.379 e. The zero-order valence-electron chi connectivity index (χ0n) is 14.2. The van der Waals surface area contributed by atoms with Crippen molar-refractivity contribution in [1.29, 1.82) is 0 Å². The lowest BCUT2D eigenvalue weighted by Crippen LogP contribution is -2.52. The van der Waals surface area contributed by atoms with Gasteiger partial charge in [-0.05, 0) is 31.5 Å². The Bertz CT molecular complexity index is 523. The number of nitrogens with zero attached hydrogens (tertiary/aromatic N) is 2. The van der Waals surface area contributed by atoms with E-state index in [0.717, 1.165) is 37.8 Å². The molecule has 1 aromatic rings. The van der Waals surface area contributed by atoms with E-state index >= 15 is 0 Å². The Morgan fingerprint density at radius 3 is 3.00 bits per heavy atom. The molecule has 6 heteroatoms. The molecular formula is C17H27FN4O. The summed E-state index contributed by atoms with van der Waals surface area (Å²) in [5.41, 5.74) is 0.891. The van der Waals surface area contributed by atoms with E-state index in [1.165, 1.54) is 12.1 Å². The van der Waals surface area contributed by atoms with Crippen LogP contribution >= 0.6 is 0 Å². The van der Waals surface area contributed by atoms with Gasteiger partial charge in [-0.3, -0.25) is 9.89 Å². The van der Waals surface area contributed by atoms with Crippen molar-refractivity contribution < 1.29 is 9.13 Å². The van der Waals surface area contributed by atoms with Gasteiger partial charge in [-0.15, -0.1) is 0 Å². The van der Waals surface area contributed by atoms with E-state index in [-0.39, 0.29) is 5.82 Å². The Morgan fingerprint density at radius 1 is 1.48 bits per heavy atom. The van der Waals surface area contributed by atoms with Gasteiger partial charge >= 0.3 is 0 Å². The molecule has 1 aliphatic rings. The van der Waals surface area contributed by atoms with Crippen LogP contribution < -0.4 is 10.6 Å². The molecule has 128 valence electrons. The summed E-state index contributed by atoms with van der Waals surface area (Å²) in [6.07, 6.45) is 0. The highest BCUT2D eigenvalue weighted by Gasteiger charge is 2.23. The first-order valence-corrected chi connectivity index (χ1v) is 8.12. The SMILES string of the molecule is CN=C(NCc1cccc(F)c1)NCC(C)N1CCOCC1C. The summed E-state index contributed by atoms with van der Waals surface area (Å²) in [5, 5.41) is 6.55. The molecule has 0 amide bonds. The highest BCUT2D eigenvalue weighted by atomic mass is 19.1. The summed E-state index contributed by atoms with van der Waals surface area (Å²) >= 11 is 0. The van der Waals surface area contributed by atoms with Crippen molar-refractivity contribution in [3.05, 3.63) is 35.6 Å². The molecule has 2 unspecified atom stereocenters. The van der Waals surface area contributed by atoms with Crippen LogP contribution in [0.1, 0.15) is 19.4 Å². The average molecular weight is 322 g/mol. The number of hydrogen-bond donors (Lipinski definition) is 2. The zero-order chi connectivity index (χ0) is 16.7. The fraction of sp³-hybridized carbons (Fsp3) is 0.588.